The van der Waals surface area contributed by atoms with Crippen molar-refractivity contribution in [1.29, 1.82) is 0 Å². The highest BCUT2D eigenvalue weighted by molar-refractivity contribution is 6.30. The summed E-state index contributed by atoms with van der Waals surface area (Å²) >= 11 is 5.85. The maximum absolute atomic E-state index is 11.7. The average molecular weight is 236 g/mol. The standard InChI is InChI=1S/C10H18ClNO3/c1-3-7(11)10(14)12-5-8(13)9(6-12)15-4-2/h7-9,13H,3-6H2,1-2H3/t7-,8+,9-/m1/s1. The topological polar surface area (TPSA) is 49.8 Å². The van der Waals surface area contributed by atoms with Gasteiger partial charge >= 0.3 is 0 Å². The van der Waals surface area contributed by atoms with Crippen molar-refractivity contribution < 1.29 is 14.6 Å². The quantitative estimate of drug-likeness (QED) is 0.727. The van der Waals surface area contributed by atoms with Crippen LogP contribution in [0.15, 0.2) is 0 Å². The normalized spacial score (nSPS) is 28.1. The molecular weight excluding hydrogens is 218 g/mol. The van der Waals surface area contributed by atoms with Gasteiger partial charge in [0.25, 0.3) is 0 Å². The van der Waals surface area contributed by atoms with Crippen LogP contribution in [0.25, 0.3) is 0 Å². The van der Waals surface area contributed by atoms with Crippen molar-refractivity contribution in [3.63, 3.8) is 0 Å². The second-order valence-electron chi connectivity index (χ2n) is 3.68. The van der Waals surface area contributed by atoms with Gasteiger partial charge in [-0.25, -0.2) is 0 Å². The first-order chi connectivity index (χ1) is 7.10. The number of carbonyl (C=O) groups excluding carboxylic acids is 1. The van der Waals surface area contributed by atoms with Crippen LogP contribution in [-0.2, 0) is 9.53 Å². The summed E-state index contributed by atoms with van der Waals surface area (Å²) in [5.74, 6) is -0.111. The second-order valence-corrected chi connectivity index (χ2v) is 4.21. The highest BCUT2D eigenvalue weighted by atomic mass is 35.5. The largest absolute Gasteiger partial charge is 0.388 e. The summed E-state index contributed by atoms with van der Waals surface area (Å²) in [6.45, 7) is 5.04. The van der Waals surface area contributed by atoms with E-state index < -0.39 is 11.5 Å². The number of hydrogen-bond donors (Lipinski definition) is 1. The Balaban J connectivity index is 2.50. The summed E-state index contributed by atoms with van der Waals surface area (Å²) in [4.78, 5) is 13.3. The zero-order valence-corrected chi connectivity index (χ0v) is 9.91. The molecule has 4 nitrogen and oxygen atoms in total. The molecule has 0 aromatic carbocycles. The smallest absolute Gasteiger partial charge is 0.240 e. The van der Waals surface area contributed by atoms with E-state index in [0.29, 0.717) is 26.1 Å². The Morgan fingerprint density at radius 2 is 2.27 bits per heavy atom. The number of halogens is 1. The second kappa shape index (κ2) is 5.68. The molecule has 1 rings (SSSR count). The average Bonchev–Trinajstić information content (AvgIpc) is 2.59. The Hall–Kier alpha value is -0.320. The molecule has 15 heavy (non-hydrogen) atoms. The number of alkyl halides is 1. The molecule has 0 spiro atoms. The lowest BCUT2D eigenvalue weighted by Gasteiger charge is -2.18. The first-order valence-corrected chi connectivity index (χ1v) is 5.76. The van der Waals surface area contributed by atoms with E-state index >= 15 is 0 Å². The van der Waals surface area contributed by atoms with Crippen LogP contribution in [0.3, 0.4) is 0 Å². The first kappa shape index (κ1) is 12.7. The molecule has 1 aliphatic heterocycles. The molecule has 0 aliphatic carbocycles. The minimum absolute atomic E-state index is 0.111. The van der Waals surface area contributed by atoms with E-state index in [4.69, 9.17) is 16.3 Å². The molecule has 0 radical (unpaired) electrons. The van der Waals surface area contributed by atoms with Gasteiger partial charge in [0.05, 0.1) is 6.10 Å². The van der Waals surface area contributed by atoms with E-state index in [1.807, 2.05) is 13.8 Å². The number of hydrogen-bond acceptors (Lipinski definition) is 3. The van der Waals surface area contributed by atoms with Crippen LogP contribution in [0.4, 0.5) is 0 Å². The molecule has 88 valence electrons. The predicted octanol–water partition coefficient (Wildman–Crippen LogP) is 0.612. The third-order valence-corrected chi connectivity index (χ3v) is 3.05. The number of rotatable bonds is 4. The monoisotopic (exact) mass is 235 g/mol. The number of nitrogens with zero attached hydrogens (tertiary/aromatic N) is 1. The number of aliphatic hydroxyl groups is 1. The number of aliphatic hydroxyl groups excluding tert-OH is 1. The molecule has 1 fully saturated rings. The van der Waals surface area contributed by atoms with E-state index in [2.05, 4.69) is 0 Å². The molecule has 1 amide bonds. The maximum Gasteiger partial charge on any atom is 0.240 e. The van der Waals surface area contributed by atoms with Gasteiger partial charge in [-0.15, -0.1) is 11.6 Å². The number of amides is 1. The Kier molecular flexibility index (Phi) is 4.83. The van der Waals surface area contributed by atoms with Crippen LogP contribution in [0.1, 0.15) is 20.3 Å². The maximum atomic E-state index is 11.7. The van der Waals surface area contributed by atoms with Crippen LogP contribution in [0.2, 0.25) is 0 Å². The van der Waals surface area contributed by atoms with Crippen LogP contribution in [0.5, 0.6) is 0 Å². The minimum atomic E-state index is -0.588. The lowest BCUT2D eigenvalue weighted by molar-refractivity contribution is -0.130. The molecule has 1 aliphatic rings. The Morgan fingerprint density at radius 1 is 1.60 bits per heavy atom. The molecular formula is C10H18ClNO3. The van der Waals surface area contributed by atoms with E-state index in [1.54, 1.807) is 4.90 Å². The fourth-order valence-electron chi connectivity index (χ4n) is 1.69. The Labute approximate surface area is 95.2 Å². The molecule has 0 aromatic heterocycles. The Bertz CT molecular complexity index is 225. The van der Waals surface area contributed by atoms with E-state index in [1.165, 1.54) is 0 Å². The van der Waals surface area contributed by atoms with Gasteiger partial charge in [0.1, 0.15) is 11.5 Å². The molecule has 0 saturated carbocycles. The zero-order valence-electron chi connectivity index (χ0n) is 9.15. The van der Waals surface area contributed by atoms with Crippen molar-refractivity contribution >= 4 is 17.5 Å². The van der Waals surface area contributed by atoms with Gasteiger partial charge in [-0.05, 0) is 13.3 Å². The predicted molar refractivity (Wildman–Crippen MR) is 57.9 cm³/mol. The van der Waals surface area contributed by atoms with Crippen molar-refractivity contribution in [2.24, 2.45) is 0 Å². The molecule has 1 heterocycles. The van der Waals surface area contributed by atoms with Crippen LogP contribution >= 0.6 is 11.6 Å². The fourth-order valence-corrected chi connectivity index (χ4v) is 1.83. The van der Waals surface area contributed by atoms with E-state index in [0.717, 1.165) is 0 Å². The van der Waals surface area contributed by atoms with Crippen molar-refractivity contribution in [3.05, 3.63) is 0 Å². The van der Waals surface area contributed by atoms with Gasteiger partial charge in [-0.2, -0.15) is 0 Å². The summed E-state index contributed by atoms with van der Waals surface area (Å²) in [5, 5.41) is 9.14. The van der Waals surface area contributed by atoms with Gasteiger partial charge in [0.2, 0.25) is 5.91 Å². The van der Waals surface area contributed by atoms with Gasteiger partial charge in [0.15, 0.2) is 0 Å². The van der Waals surface area contributed by atoms with Crippen LogP contribution in [0, 0.1) is 0 Å². The summed E-state index contributed by atoms with van der Waals surface area (Å²) in [7, 11) is 0. The highest BCUT2D eigenvalue weighted by Gasteiger charge is 2.35. The Morgan fingerprint density at radius 3 is 2.80 bits per heavy atom. The van der Waals surface area contributed by atoms with Crippen molar-refractivity contribution in [3.8, 4) is 0 Å². The summed E-state index contributed by atoms with van der Waals surface area (Å²) < 4.78 is 5.32. The molecule has 0 aromatic rings. The van der Waals surface area contributed by atoms with Gasteiger partial charge in [0, 0.05) is 19.7 Å². The third kappa shape index (κ3) is 3.06. The summed E-state index contributed by atoms with van der Waals surface area (Å²) in [6, 6.07) is 0. The van der Waals surface area contributed by atoms with E-state index in [-0.39, 0.29) is 12.0 Å². The van der Waals surface area contributed by atoms with Gasteiger partial charge < -0.3 is 14.7 Å². The van der Waals surface area contributed by atoms with E-state index in [9.17, 15) is 9.90 Å². The number of β-amino-alcohol motifs (C(OH)–C–C–N with tert-alkyl or cyclic N) is 1. The lowest BCUT2D eigenvalue weighted by atomic mass is 10.3. The fraction of sp³-hybridized carbons (Fsp3) is 0.900. The minimum Gasteiger partial charge on any atom is -0.388 e. The van der Waals surface area contributed by atoms with Crippen LogP contribution < -0.4 is 0 Å². The molecule has 1 N–H and O–H groups in total. The van der Waals surface area contributed by atoms with Gasteiger partial charge in [-0.1, -0.05) is 6.92 Å². The molecule has 0 bridgehead atoms. The first-order valence-electron chi connectivity index (χ1n) is 5.32. The van der Waals surface area contributed by atoms with Crippen LogP contribution in [-0.4, -0.2) is 53.2 Å². The summed E-state index contributed by atoms with van der Waals surface area (Å²) in [6.07, 6.45) is -0.249. The SMILES string of the molecule is CCO[C@@H]1CN(C(=O)[C@H](Cl)CC)C[C@@H]1O. The van der Waals surface area contributed by atoms with Crippen molar-refractivity contribution in [2.45, 2.75) is 37.9 Å². The molecule has 3 atom stereocenters. The lowest BCUT2D eigenvalue weighted by Crippen LogP contribution is -2.35. The molecule has 0 unspecified atom stereocenters. The zero-order chi connectivity index (χ0) is 11.4. The van der Waals surface area contributed by atoms with Crippen molar-refractivity contribution in [1.82, 2.24) is 4.90 Å². The third-order valence-electron chi connectivity index (χ3n) is 2.56. The summed E-state index contributed by atoms with van der Waals surface area (Å²) in [5.41, 5.74) is 0. The van der Waals surface area contributed by atoms with Gasteiger partial charge in [-0.3, -0.25) is 4.79 Å². The number of carbonyl (C=O) groups is 1. The van der Waals surface area contributed by atoms with Crippen molar-refractivity contribution in [2.75, 3.05) is 19.7 Å². The highest BCUT2D eigenvalue weighted by Crippen LogP contribution is 2.17. The molecule has 1 saturated heterocycles. The number of likely N-dealkylation sites (tertiary alicyclic amines) is 1. The molecule has 5 heteroatoms. The number of ether oxygens (including phenoxy) is 1.